The van der Waals surface area contributed by atoms with Gasteiger partial charge in [-0.2, -0.15) is 10.4 Å². The first kappa shape index (κ1) is 23.7. The zero-order valence-corrected chi connectivity index (χ0v) is 19.9. The fourth-order valence-corrected chi connectivity index (χ4v) is 5.59. The van der Waals surface area contributed by atoms with Crippen molar-refractivity contribution in [2.24, 2.45) is 0 Å². The Morgan fingerprint density at radius 3 is 2.67 bits per heavy atom. The molecule has 0 spiro atoms. The van der Waals surface area contributed by atoms with Crippen LogP contribution < -0.4 is 5.32 Å². The maximum Gasteiger partial charge on any atom is 0.272 e. The lowest BCUT2D eigenvalue weighted by molar-refractivity contribution is 0.0370. The van der Waals surface area contributed by atoms with E-state index in [1.54, 1.807) is 0 Å². The lowest BCUT2D eigenvalue weighted by atomic mass is 9.96. The number of carbonyl (C=O) groups is 1. The van der Waals surface area contributed by atoms with Crippen LogP contribution in [-0.2, 0) is 0 Å². The summed E-state index contributed by atoms with van der Waals surface area (Å²) >= 11 is 0. The minimum absolute atomic E-state index is 0.0948. The Morgan fingerprint density at radius 2 is 2.00 bits per heavy atom. The molecule has 2 fully saturated rings. The van der Waals surface area contributed by atoms with Gasteiger partial charge in [0, 0.05) is 55.6 Å². The number of aromatic nitrogens is 2. The van der Waals surface area contributed by atoms with Crippen LogP contribution in [0.2, 0.25) is 0 Å². The van der Waals surface area contributed by atoms with Gasteiger partial charge in [0.1, 0.15) is 0 Å². The number of nitrogens with zero attached hydrogens (tertiary/aromatic N) is 5. The first-order valence-electron chi connectivity index (χ1n) is 12.1. The molecule has 1 aromatic carbocycles. The SMILES string of the molecule is CC(C)n1nc(C(=O)NC2C[C@H]3CC[C@@H](C2)N3CC(O)CN(C)CCC#N)c2ccccc21. The van der Waals surface area contributed by atoms with Gasteiger partial charge in [-0.1, -0.05) is 18.2 Å². The van der Waals surface area contributed by atoms with Gasteiger partial charge >= 0.3 is 0 Å². The second-order valence-electron chi connectivity index (χ2n) is 9.95. The van der Waals surface area contributed by atoms with Crippen LogP contribution in [0, 0.1) is 11.3 Å². The molecule has 2 unspecified atom stereocenters. The molecular weight excluding hydrogens is 416 g/mol. The van der Waals surface area contributed by atoms with E-state index in [0.29, 0.717) is 43.8 Å². The van der Waals surface area contributed by atoms with Crippen LogP contribution in [-0.4, -0.2) is 81.5 Å². The van der Waals surface area contributed by atoms with Crippen LogP contribution in [0.25, 0.3) is 10.9 Å². The molecule has 4 rings (SSSR count). The number of likely N-dealkylation sites (N-methyl/N-ethyl adjacent to an activating group) is 1. The van der Waals surface area contributed by atoms with E-state index in [2.05, 4.69) is 35.2 Å². The van der Waals surface area contributed by atoms with Gasteiger partial charge in [-0.3, -0.25) is 14.4 Å². The highest BCUT2D eigenvalue weighted by atomic mass is 16.3. The van der Waals surface area contributed by atoms with Gasteiger partial charge in [0.15, 0.2) is 5.69 Å². The Bertz CT molecular complexity index is 998. The van der Waals surface area contributed by atoms with Crippen molar-refractivity contribution in [3.8, 4) is 6.07 Å². The molecule has 0 radical (unpaired) electrons. The van der Waals surface area contributed by atoms with Crippen LogP contribution in [0.3, 0.4) is 0 Å². The van der Waals surface area contributed by atoms with Crippen molar-refractivity contribution in [1.29, 1.82) is 5.26 Å². The predicted octanol–water partition coefficient (Wildman–Crippen LogP) is 2.55. The maximum atomic E-state index is 13.2. The van der Waals surface area contributed by atoms with Crippen LogP contribution in [0.5, 0.6) is 0 Å². The van der Waals surface area contributed by atoms with Crippen molar-refractivity contribution in [3.05, 3.63) is 30.0 Å². The zero-order chi connectivity index (χ0) is 23.5. The van der Waals surface area contributed by atoms with Gasteiger partial charge in [-0.15, -0.1) is 0 Å². The first-order chi connectivity index (χ1) is 15.9. The van der Waals surface area contributed by atoms with Gasteiger partial charge in [-0.25, -0.2) is 0 Å². The lowest BCUT2D eigenvalue weighted by Crippen LogP contribution is -2.53. The summed E-state index contributed by atoms with van der Waals surface area (Å²) in [5.41, 5.74) is 1.49. The highest BCUT2D eigenvalue weighted by Gasteiger charge is 2.42. The molecule has 8 nitrogen and oxygen atoms in total. The highest BCUT2D eigenvalue weighted by molar-refractivity contribution is 6.05. The van der Waals surface area contributed by atoms with Crippen molar-refractivity contribution in [2.75, 3.05) is 26.7 Å². The lowest BCUT2D eigenvalue weighted by Gasteiger charge is -2.40. The third kappa shape index (κ3) is 5.21. The molecule has 33 heavy (non-hydrogen) atoms. The van der Waals surface area contributed by atoms with Crippen molar-refractivity contribution < 1.29 is 9.90 Å². The van der Waals surface area contributed by atoms with E-state index in [0.717, 1.165) is 36.6 Å². The van der Waals surface area contributed by atoms with Crippen molar-refractivity contribution in [2.45, 2.75) is 76.2 Å². The van der Waals surface area contributed by atoms with Gasteiger partial charge in [0.05, 0.1) is 17.7 Å². The zero-order valence-electron chi connectivity index (χ0n) is 19.9. The topological polar surface area (TPSA) is 97.4 Å². The normalized spacial score (nSPS) is 23.8. The average molecular weight is 453 g/mol. The van der Waals surface area contributed by atoms with Crippen LogP contribution in [0.1, 0.15) is 62.5 Å². The maximum absolute atomic E-state index is 13.2. The summed E-state index contributed by atoms with van der Waals surface area (Å²) in [6.07, 6.45) is 4.07. The molecule has 0 aliphatic carbocycles. The largest absolute Gasteiger partial charge is 0.390 e. The van der Waals surface area contributed by atoms with Crippen LogP contribution in [0.4, 0.5) is 0 Å². The number of hydrogen-bond donors (Lipinski definition) is 2. The molecule has 2 bridgehead atoms. The van der Waals surface area contributed by atoms with Crippen LogP contribution in [0.15, 0.2) is 24.3 Å². The van der Waals surface area contributed by atoms with Gasteiger partial charge < -0.3 is 15.3 Å². The number of aliphatic hydroxyl groups excluding tert-OH is 1. The number of rotatable bonds is 9. The molecular formula is C25H36N6O2. The monoisotopic (exact) mass is 452 g/mol. The second-order valence-corrected chi connectivity index (χ2v) is 9.95. The third-order valence-electron chi connectivity index (χ3n) is 7.09. The summed E-state index contributed by atoms with van der Waals surface area (Å²) in [6, 6.07) is 11.2. The fraction of sp³-hybridized carbons (Fsp3) is 0.640. The Morgan fingerprint density at radius 1 is 1.30 bits per heavy atom. The first-order valence-corrected chi connectivity index (χ1v) is 12.1. The molecule has 178 valence electrons. The third-order valence-corrected chi connectivity index (χ3v) is 7.09. The quantitative estimate of drug-likeness (QED) is 0.607. The summed E-state index contributed by atoms with van der Waals surface area (Å²) in [7, 11) is 1.95. The van der Waals surface area contributed by atoms with Crippen molar-refractivity contribution in [3.63, 3.8) is 0 Å². The molecule has 2 N–H and O–H groups in total. The van der Waals surface area contributed by atoms with E-state index in [9.17, 15) is 9.90 Å². The van der Waals surface area contributed by atoms with Gasteiger partial charge in [0.2, 0.25) is 0 Å². The second kappa shape index (κ2) is 10.2. The molecule has 2 saturated heterocycles. The molecule has 4 atom stereocenters. The number of para-hydroxylation sites is 1. The standard InChI is InChI=1S/C25H36N6O2/c1-17(2)31-23-8-5-4-7-22(23)24(28-31)25(33)27-18-13-19-9-10-20(14-18)30(19)16-21(32)15-29(3)12-6-11-26/h4-5,7-8,17-21,32H,6,9-10,12-16H2,1-3H3,(H,27,33)/t18?,19-,20+,21?. The van der Waals surface area contributed by atoms with E-state index in [4.69, 9.17) is 5.26 Å². The summed E-state index contributed by atoms with van der Waals surface area (Å²) < 4.78 is 1.92. The van der Waals surface area contributed by atoms with E-state index < -0.39 is 6.10 Å². The summed E-state index contributed by atoms with van der Waals surface area (Å²) in [5.74, 6) is -0.0948. The fourth-order valence-electron chi connectivity index (χ4n) is 5.59. The number of aliphatic hydroxyl groups is 1. The Balaban J connectivity index is 1.37. The average Bonchev–Trinajstić information content (AvgIpc) is 3.27. The van der Waals surface area contributed by atoms with Crippen LogP contribution >= 0.6 is 0 Å². The predicted molar refractivity (Wildman–Crippen MR) is 128 cm³/mol. The molecule has 2 aliphatic rings. The Kier molecular flexibility index (Phi) is 7.32. The van der Waals surface area contributed by atoms with E-state index in [1.807, 2.05) is 40.9 Å². The van der Waals surface area contributed by atoms with Crippen molar-refractivity contribution in [1.82, 2.24) is 24.9 Å². The number of nitriles is 1. The molecule has 2 aromatic rings. The van der Waals surface area contributed by atoms with E-state index in [-0.39, 0.29) is 18.0 Å². The van der Waals surface area contributed by atoms with Crippen molar-refractivity contribution >= 4 is 16.8 Å². The molecule has 1 aromatic heterocycles. The Labute approximate surface area is 196 Å². The molecule has 8 heteroatoms. The van der Waals surface area contributed by atoms with Gasteiger partial charge in [0.25, 0.3) is 5.91 Å². The number of piperidine rings is 1. The molecule has 1 amide bonds. The summed E-state index contributed by atoms with van der Waals surface area (Å²) in [5, 5.41) is 28.1. The minimum atomic E-state index is -0.436. The molecule has 2 aliphatic heterocycles. The summed E-state index contributed by atoms with van der Waals surface area (Å²) in [6.45, 7) is 6.05. The highest BCUT2D eigenvalue weighted by Crippen LogP contribution is 2.36. The number of benzene rings is 1. The molecule has 0 saturated carbocycles. The smallest absolute Gasteiger partial charge is 0.272 e. The number of amides is 1. The number of fused-ring (bicyclic) bond motifs is 3. The summed E-state index contributed by atoms with van der Waals surface area (Å²) in [4.78, 5) is 17.7. The van der Waals surface area contributed by atoms with E-state index in [1.165, 1.54) is 0 Å². The Hall–Kier alpha value is -2.47. The molecule has 3 heterocycles. The number of hydrogen-bond acceptors (Lipinski definition) is 6. The minimum Gasteiger partial charge on any atom is -0.390 e. The van der Waals surface area contributed by atoms with E-state index >= 15 is 0 Å². The van der Waals surface area contributed by atoms with Gasteiger partial charge in [-0.05, 0) is 52.6 Å². The number of nitrogens with one attached hydrogen (secondary N) is 1. The number of carbonyl (C=O) groups excluding carboxylic acids is 1.